The van der Waals surface area contributed by atoms with E-state index < -0.39 is 22.9 Å². The van der Waals surface area contributed by atoms with Crippen LogP contribution in [-0.2, 0) is 16.4 Å². The van der Waals surface area contributed by atoms with Gasteiger partial charge in [-0.05, 0) is 94.2 Å². The van der Waals surface area contributed by atoms with E-state index in [4.69, 9.17) is 11.6 Å². The van der Waals surface area contributed by atoms with Crippen molar-refractivity contribution in [2.24, 2.45) is 0 Å². The molecule has 0 atom stereocenters. The number of hydrogen-bond acceptors (Lipinski definition) is 7. The van der Waals surface area contributed by atoms with Gasteiger partial charge in [-0.1, -0.05) is 23.7 Å². The van der Waals surface area contributed by atoms with Crippen molar-refractivity contribution in [3.8, 4) is 11.1 Å². The van der Waals surface area contributed by atoms with Gasteiger partial charge in [-0.3, -0.25) is 4.72 Å². The van der Waals surface area contributed by atoms with E-state index in [2.05, 4.69) is 44.0 Å². The van der Waals surface area contributed by atoms with Gasteiger partial charge >= 0.3 is 0 Å². The van der Waals surface area contributed by atoms with Crippen LogP contribution in [0.3, 0.4) is 0 Å². The van der Waals surface area contributed by atoms with Crippen LogP contribution >= 0.6 is 11.6 Å². The van der Waals surface area contributed by atoms with E-state index >= 15 is 0 Å². The van der Waals surface area contributed by atoms with Crippen molar-refractivity contribution < 1.29 is 17.2 Å². The predicted molar refractivity (Wildman–Crippen MR) is 163 cm³/mol. The molecule has 0 aliphatic heterocycles. The fraction of sp³-hybridized carbons (Fsp3) is 0.367. The second kappa shape index (κ2) is 12.4. The summed E-state index contributed by atoms with van der Waals surface area (Å²) in [6, 6.07) is 13.7. The molecule has 8 nitrogen and oxygen atoms in total. The Morgan fingerprint density at radius 1 is 1.05 bits per heavy atom. The maximum absolute atomic E-state index is 13.7. The molecule has 4 aromatic rings. The van der Waals surface area contributed by atoms with Crippen LogP contribution in [0.15, 0.2) is 59.6 Å². The van der Waals surface area contributed by atoms with Crippen LogP contribution in [0, 0.1) is 6.92 Å². The molecule has 2 heterocycles. The molecule has 0 spiro atoms. The predicted octanol–water partition coefficient (Wildman–Crippen LogP) is 6.55. The second-order valence-electron chi connectivity index (χ2n) is 10.8. The average Bonchev–Trinajstić information content (AvgIpc) is 2.93. The first-order valence-corrected chi connectivity index (χ1v) is 15.6. The van der Waals surface area contributed by atoms with Gasteiger partial charge in [-0.2, -0.15) is 0 Å². The molecule has 2 N–H and O–H groups in total. The zero-order valence-electron chi connectivity index (χ0n) is 23.6. The average molecular weight is 615 g/mol. The minimum absolute atomic E-state index is 0.0588. The Kier molecular flexibility index (Phi) is 8.91. The summed E-state index contributed by atoms with van der Waals surface area (Å²) >= 11 is 6.08. The van der Waals surface area contributed by atoms with Crippen molar-refractivity contribution in [2.45, 2.75) is 62.4 Å². The number of fused-ring (bicyclic) bond motifs is 1. The van der Waals surface area contributed by atoms with Crippen LogP contribution in [0.5, 0.6) is 0 Å². The van der Waals surface area contributed by atoms with Gasteiger partial charge in [0.25, 0.3) is 10.0 Å². The van der Waals surface area contributed by atoms with E-state index in [1.807, 2.05) is 6.07 Å². The standard InChI is InChI=1S/C30H33ClF2N6O2S/c1-18-24(12-13-28(35-18)38-42(40,41)26-7-5-4-6-25(26)31)19-14-20(16-27(32)33)29-21(15-19)17-34-30(37-29)36-22-8-10-23(11-9-22)39(2)3/h4-7,12-15,17,22-23,27H,8-11,16H2,1-3H3,(H,35,38)(H,34,36,37). The molecule has 2 aromatic carbocycles. The maximum Gasteiger partial charge on any atom is 0.264 e. The van der Waals surface area contributed by atoms with Gasteiger partial charge in [-0.25, -0.2) is 32.2 Å². The molecule has 1 aliphatic rings. The quantitative estimate of drug-likeness (QED) is 0.221. The van der Waals surface area contributed by atoms with Gasteiger partial charge in [0.1, 0.15) is 10.7 Å². The molecule has 0 radical (unpaired) electrons. The normalized spacial score (nSPS) is 17.6. The zero-order chi connectivity index (χ0) is 30.0. The summed E-state index contributed by atoms with van der Waals surface area (Å²) in [6.45, 7) is 1.73. The molecule has 2 aromatic heterocycles. The van der Waals surface area contributed by atoms with Gasteiger partial charge in [0.05, 0.1) is 10.5 Å². The lowest BCUT2D eigenvalue weighted by Gasteiger charge is -2.33. The zero-order valence-corrected chi connectivity index (χ0v) is 25.2. The first-order valence-electron chi connectivity index (χ1n) is 13.8. The number of alkyl halides is 2. The van der Waals surface area contributed by atoms with E-state index in [0.29, 0.717) is 45.3 Å². The number of rotatable bonds is 9. The highest BCUT2D eigenvalue weighted by atomic mass is 35.5. The molecule has 0 amide bonds. The van der Waals surface area contributed by atoms with Gasteiger partial charge in [-0.15, -0.1) is 0 Å². The molecule has 1 fully saturated rings. The molecule has 1 aliphatic carbocycles. The van der Waals surface area contributed by atoms with Crippen LogP contribution in [0.4, 0.5) is 20.5 Å². The summed E-state index contributed by atoms with van der Waals surface area (Å²) in [6.07, 6.45) is 2.77. The van der Waals surface area contributed by atoms with E-state index in [0.717, 1.165) is 25.7 Å². The van der Waals surface area contributed by atoms with Crippen LogP contribution in [-0.4, -0.2) is 60.9 Å². The lowest BCUT2D eigenvalue weighted by atomic mass is 9.90. The molecule has 0 saturated heterocycles. The number of benzene rings is 2. The number of aromatic nitrogens is 3. The number of nitrogens with zero attached hydrogens (tertiary/aromatic N) is 4. The van der Waals surface area contributed by atoms with Crippen LogP contribution in [0.1, 0.15) is 36.9 Å². The van der Waals surface area contributed by atoms with Gasteiger partial charge < -0.3 is 10.2 Å². The number of sulfonamides is 1. The Morgan fingerprint density at radius 3 is 2.45 bits per heavy atom. The smallest absolute Gasteiger partial charge is 0.264 e. The number of nitrogens with one attached hydrogen (secondary N) is 2. The van der Waals surface area contributed by atoms with Crippen molar-refractivity contribution in [2.75, 3.05) is 24.1 Å². The summed E-state index contributed by atoms with van der Waals surface area (Å²) in [5.74, 6) is 0.551. The van der Waals surface area contributed by atoms with Crippen LogP contribution in [0.2, 0.25) is 5.02 Å². The second-order valence-corrected chi connectivity index (χ2v) is 12.9. The van der Waals surface area contributed by atoms with Gasteiger partial charge in [0.15, 0.2) is 0 Å². The Bertz CT molecular complexity index is 1700. The molecule has 0 bridgehead atoms. The summed E-state index contributed by atoms with van der Waals surface area (Å²) in [5, 5.41) is 4.13. The van der Waals surface area contributed by atoms with E-state index in [1.165, 1.54) is 18.2 Å². The Morgan fingerprint density at radius 2 is 1.79 bits per heavy atom. The fourth-order valence-corrected chi connectivity index (χ4v) is 6.99. The summed E-state index contributed by atoms with van der Waals surface area (Å²) in [4.78, 5) is 15.8. The molecular weight excluding hydrogens is 582 g/mol. The maximum atomic E-state index is 13.7. The number of pyridine rings is 1. The van der Waals surface area contributed by atoms with Gasteiger partial charge in [0.2, 0.25) is 12.4 Å². The van der Waals surface area contributed by atoms with Gasteiger partial charge in [0, 0.05) is 41.3 Å². The molecule has 12 heteroatoms. The molecule has 42 heavy (non-hydrogen) atoms. The third-order valence-corrected chi connectivity index (χ3v) is 9.51. The molecule has 222 valence electrons. The first-order chi connectivity index (χ1) is 20.0. The van der Waals surface area contributed by atoms with Crippen LogP contribution < -0.4 is 10.0 Å². The minimum Gasteiger partial charge on any atom is -0.351 e. The molecule has 5 rings (SSSR count). The lowest BCUT2D eigenvalue weighted by Crippen LogP contribution is -2.36. The van der Waals surface area contributed by atoms with Crippen molar-refractivity contribution in [1.82, 2.24) is 19.9 Å². The number of halogens is 3. The fourth-order valence-electron chi connectivity index (χ4n) is 5.46. The SMILES string of the molecule is Cc1nc(NS(=O)(=O)c2ccccc2Cl)ccc1-c1cc(CC(F)F)c2nc(NC3CCC(N(C)C)CC3)ncc2c1. The lowest BCUT2D eigenvalue weighted by molar-refractivity contribution is 0.149. The third-order valence-electron chi connectivity index (χ3n) is 7.66. The number of hydrogen-bond donors (Lipinski definition) is 2. The van der Waals surface area contributed by atoms with E-state index in [-0.39, 0.29) is 21.8 Å². The highest BCUT2D eigenvalue weighted by molar-refractivity contribution is 7.92. The summed E-state index contributed by atoms with van der Waals surface area (Å²) < 4.78 is 55.5. The summed E-state index contributed by atoms with van der Waals surface area (Å²) in [5.41, 5.74) is 2.74. The molecule has 1 saturated carbocycles. The van der Waals surface area contributed by atoms with E-state index in [1.54, 1.807) is 37.4 Å². The van der Waals surface area contributed by atoms with E-state index in [9.17, 15) is 17.2 Å². The monoisotopic (exact) mass is 614 g/mol. The Balaban J connectivity index is 1.41. The molecular formula is C30H33ClF2N6O2S. The first kappa shape index (κ1) is 30.1. The number of aryl methyl sites for hydroxylation is 1. The molecule has 0 unspecified atom stereocenters. The largest absolute Gasteiger partial charge is 0.351 e. The Hall–Kier alpha value is -3.41. The summed E-state index contributed by atoms with van der Waals surface area (Å²) in [7, 11) is 0.232. The Labute approximate surface area is 249 Å². The van der Waals surface area contributed by atoms with Crippen molar-refractivity contribution in [3.05, 3.63) is 71.0 Å². The van der Waals surface area contributed by atoms with Crippen molar-refractivity contribution >= 4 is 44.3 Å². The highest BCUT2D eigenvalue weighted by Gasteiger charge is 2.23. The van der Waals surface area contributed by atoms with Crippen molar-refractivity contribution in [1.29, 1.82) is 0 Å². The third kappa shape index (κ3) is 6.79. The number of anilines is 2. The van der Waals surface area contributed by atoms with Crippen LogP contribution in [0.25, 0.3) is 22.0 Å². The topological polar surface area (TPSA) is 100 Å². The highest BCUT2D eigenvalue weighted by Crippen LogP contribution is 2.32. The van der Waals surface area contributed by atoms with Crippen molar-refractivity contribution in [3.63, 3.8) is 0 Å². The minimum atomic E-state index is -3.96.